The topological polar surface area (TPSA) is 47.3 Å². The second kappa shape index (κ2) is 5.47. The summed E-state index contributed by atoms with van der Waals surface area (Å²) in [4.78, 5) is 0. The van der Waals surface area contributed by atoms with Gasteiger partial charge in [-0.3, -0.25) is 0 Å². The van der Waals surface area contributed by atoms with E-state index in [1.807, 2.05) is 6.07 Å². The van der Waals surface area contributed by atoms with Gasteiger partial charge in [0.25, 0.3) is 0 Å². The fourth-order valence-corrected chi connectivity index (χ4v) is 2.42. The van der Waals surface area contributed by atoms with E-state index in [0.717, 1.165) is 18.4 Å². The van der Waals surface area contributed by atoms with Gasteiger partial charge in [0.1, 0.15) is 5.82 Å². The highest BCUT2D eigenvalue weighted by molar-refractivity contribution is 5.47. The molecule has 3 N–H and O–H groups in total. The summed E-state index contributed by atoms with van der Waals surface area (Å²) >= 11 is 0. The first-order valence-corrected chi connectivity index (χ1v) is 6.01. The number of rotatable bonds is 4. The summed E-state index contributed by atoms with van der Waals surface area (Å²) in [5.41, 5.74) is 6.74. The summed E-state index contributed by atoms with van der Waals surface area (Å²) in [5.74, 6) is -0.348. The van der Waals surface area contributed by atoms with Gasteiger partial charge in [-0.05, 0) is 30.9 Å². The zero-order chi connectivity index (χ0) is 12.3. The molecule has 2 rings (SSSR count). The lowest BCUT2D eigenvalue weighted by Crippen LogP contribution is -2.36. The van der Waals surface area contributed by atoms with Gasteiger partial charge in [-0.2, -0.15) is 0 Å². The molecule has 1 aromatic carbocycles. The lowest BCUT2D eigenvalue weighted by Gasteiger charge is -2.20. The van der Waals surface area contributed by atoms with Crippen LogP contribution in [0, 0.1) is 5.82 Å². The molecule has 0 aliphatic heterocycles. The van der Waals surface area contributed by atoms with Crippen LogP contribution in [0.25, 0.3) is 0 Å². The van der Waals surface area contributed by atoms with Gasteiger partial charge in [-0.25, -0.2) is 4.39 Å². The molecule has 1 aromatic rings. The zero-order valence-corrected chi connectivity index (χ0v) is 10.1. The standard InChI is InChI=1S/C13H19FN2O/c1-17-12-7-3-6-11(12)16-8-9-4-2-5-10(14)13(9)15/h2,4-5,11-12,16H,3,6-8,15H2,1H3. The number of hydrogen-bond donors (Lipinski definition) is 2. The van der Waals surface area contributed by atoms with Crippen molar-refractivity contribution < 1.29 is 9.13 Å². The van der Waals surface area contributed by atoms with Gasteiger partial charge in [-0.1, -0.05) is 12.1 Å². The number of nitrogens with two attached hydrogens (primary N) is 1. The van der Waals surface area contributed by atoms with Gasteiger partial charge in [0.05, 0.1) is 11.8 Å². The summed E-state index contributed by atoms with van der Waals surface area (Å²) in [7, 11) is 1.74. The van der Waals surface area contributed by atoms with Crippen LogP contribution in [0.15, 0.2) is 18.2 Å². The summed E-state index contributed by atoms with van der Waals surface area (Å²) in [6.45, 7) is 0.591. The monoisotopic (exact) mass is 238 g/mol. The van der Waals surface area contributed by atoms with Crippen LogP contribution >= 0.6 is 0 Å². The highest BCUT2D eigenvalue weighted by atomic mass is 19.1. The van der Waals surface area contributed by atoms with Crippen LogP contribution in [0.5, 0.6) is 0 Å². The number of nitrogen functional groups attached to an aromatic ring is 1. The van der Waals surface area contributed by atoms with Gasteiger partial charge in [0.15, 0.2) is 0 Å². The first-order valence-electron chi connectivity index (χ1n) is 6.01. The molecule has 94 valence electrons. The van der Waals surface area contributed by atoms with Crippen molar-refractivity contribution in [2.24, 2.45) is 0 Å². The van der Waals surface area contributed by atoms with Crippen LogP contribution in [-0.2, 0) is 11.3 Å². The van der Waals surface area contributed by atoms with Crippen molar-refractivity contribution in [1.29, 1.82) is 0 Å². The molecule has 2 unspecified atom stereocenters. The molecule has 0 saturated heterocycles. The molecule has 17 heavy (non-hydrogen) atoms. The van der Waals surface area contributed by atoms with Crippen molar-refractivity contribution >= 4 is 5.69 Å². The normalized spacial score (nSPS) is 24.1. The number of hydrogen-bond acceptors (Lipinski definition) is 3. The minimum Gasteiger partial charge on any atom is -0.396 e. The predicted molar refractivity (Wildman–Crippen MR) is 66.1 cm³/mol. The zero-order valence-electron chi connectivity index (χ0n) is 10.1. The van der Waals surface area contributed by atoms with Gasteiger partial charge >= 0.3 is 0 Å². The van der Waals surface area contributed by atoms with Crippen LogP contribution < -0.4 is 11.1 Å². The van der Waals surface area contributed by atoms with Crippen LogP contribution in [0.2, 0.25) is 0 Å². The Kier molecular flexibility index (Phi) is 3.97. The van der Waals surface area contributed by atoms with Crippen molar-refractivity contribution in [3.8, 4) is 0 Å². The molecule has 0 heterocycles. The molecule has 0 amide bonds. The molecule has 1 fully saturated rings. The maximum Gasteiger partial charge on any atom is 0.146 e. The van der Waals surface area contributed by atoms with E-state index in [2.05, 4.69) is 5.32 Å². The number of ether oxygens (including phenoxy) is 1. The lowest BCUT2D eigenvalue weighted by molar-refractivity contribution is 0.0847. The van der Waals surface area contributed by atoms with Crippen LogP contribution in [-0.4, -0.2) is 19.3 Å². The van der Waals surface area contributed by atoms with Crippen molar-refractivity contribution in [3.63, 3.8) is 0 Å². The Morgan fingerprint density at radius 1 is 1.47 bits per heavy atom. The number of halogens is 1. The third-order valence-corrected chi connectivity index (χ3v) is 3.45. The summed E-state index contributed by atoms with van der Waals surface area (Å²) in [5, 5.41) is 3.40. The summed E-state index contributed by atoms with van der Waals surface area (Å²) in [6.07, 6.45) is 3.64. The first kappa shape index (κ1) is 12.3. The molecule has 1 saturated carbocycles. The Bertz CT molecular complexity index is 384. The van der Waals surface area contributed by atoms with E-state index in [4.69, 9.17) is 10.5 Å². The summed E-state index contributed by atoms with van der Waals surface area (Å²) < 4.78 is 18.6. The Morgan fingerprint density at radius 2 is 2.29 bits per heavy atom. The number of para-hydroxylation sites is 1. The minimum absolute atomic E-state index is 0.243. The molecule has 0 aromatic heterocycles. The van der Waals surface area contributed by atoms with E-state index in [-0.39, 0.29) is 17.6 Å². The van der Waals surface area contributed by atoms with E-state index in [1.54, 1.807) is 13.2 Å². The van der Waals surface area contributed by atoms with Gasteiger partial charge in [0, 0.05) is 19.7 Å². The van der Waals surface area contributed by atoms with Crippen LogP contribution in [0.3, 0.4) is 0 Å². The highest BCUT2D eigenvalue weighted by Crippen LogP contribution is 2.22. The van der Waals surface area contributed by atoms with Crippen molar-refractivity contribution in [2.75, 3.05) is 12.8 Å². The van der Waals surface area contributed by atoms with E-state index in [0.29, 0.717) is 12.6 Å². The third-order valence-electron chi connectivity index (χ3n) is 3.45. The van der Waals surface area contributed by atoms with Gasteiger partial charge < -0.3 is 15.8 Å². The first-order chi connectivity index (χ1) is 8.22. The number of benzene rings is 1. The predicted octanol–water partition coefficient (Wildman–Crippen LogP) is 2.06. The van der Waals surface area contributed by atoms with Crippen molar-refractivity contribution in [2.45, 2.75) is 38.0 Å². The van der Waals surface area contributed by atoms with Crippen LogP contribution in [0.1, 0.15) is 24.8 Å². The maximum absolute atomic E-state index is 13.2. The van der Waals surface area contributed by atoms with Crippen LogP contribution in [0.4, 0.5) is 10.1 Å². The lowest BCUT2D eigenvalue weighted by atomic mass is 10.1. The fourth-order valence-electron chi connectivity index (χ4n) is 2.42. The van der Waals surface area contributed by atoms with Crippen molar-refractivity contribution in [1.82, 2.24) is 5.32 Å². The van der Waals surface area contributed by atoms with E-state index >= 15 is 0 Å². The SMILES string of the molecule is COC1CCCC1NCc1cccc(F)c1N. The molecular formula is C13H19FN2O. The molecule has 0 radical (unpaired) electrons. The molecule has 1 aliphatic rings. The molecule has 1 aliphatic carbocycles. The van der Waals surface area contributed by atoms with Gasteiger partial charge in [-0.15, -0.1) is 0 Å². The Labute approximate surface area is 101 Å². The highest BCUT2D eigenvalue weighted by Gasteiger charge is 2.26. The number of nitrogens with one attached hydrogen (secondary N) is 1. The number of methoxy groups -OCH3 is 1. The van der Waals surface area contributed by atoms with E-state index in [1.165, 1.54) is 12.5 Å². The van der Waals surface area contributed by atoms with E-state index < -0.39 is 0 Å². The number of anilines is 1. The quantitative estimate of drug-likeness (QED) is 0.789. The Hall–Kier alpha value is -1.13. The van der Waals surface area contributed by atoms with E-state index in [9.17, 15) is 4.39 Å². The summed E-state index contributed by atoms with van der Waals surface area (Å²) in [6, 6.07) is 5.27. The average molecular weight is 238 g/mol. The fraction of sp³-hybridized carbons (Fsp3) is 0.538. The maximum atomic E-state index is 13.2. The largest absolute Gasteiger partial charge is 0.396 e. The molecule has 4 heteroatoms. The second-order valence-corrected chi connectivity index (χ2v) is 4.51. The third kappa shape index (κ3) is 2.76. The average Bonchev–Trinajstić information content (AvgIpc) is 2.78. The van der Waals surface area contributed by atoms with Crippen molar-refractivity contribution in [3.05, 3.63) is 29.6 Å². The molecule has 0 spiro atoms. The molecule has 3 nitrogen and oxygen atoms in total. The smallest absolute Gasteiger partial charge is 0.146 e. The Balaban J connectivity index is 1.95. The minimum atomic E-state index is -0.348. The second-order valence-electron chi connectivity index (χ2n) is 4.51. The Morgan fingerprint density at radius 3 is 3.06 bits per heavy atom. The molecule has 0 bridgehead atoms. The molecular weight excluding hydrogens is 219 g/mol. The van der Waals surface area contributed by atoms with Gasteiger partial charge in [0.2, 0.25) is 0 Å². The molecule has 2 atom stereocenters.